The molecular weight excluding hydrogens is 432 g/mol. The molecule has 34 heavy (non-hydrogen) atoms. The molecule has 0 saturated carbocycles. The molecule has 3 aromatic rings. The van der Waals surface area contributed by atoms with Crippen molar-refractivity contribution in [3.63, 3.8) is 0 Å². The van der Waals surface area contributed by atoms with Crippen LogP contribution >= 0.6 is 0 Å². The summed E-state index contributed by atoms with van der Waals surface area (Å²) in [6.07, 6.45) is 0.612. The van der Waals surface area contributed by atoms with Gasteiger partial charge in [-0.1, -0.05) is 0 Å². The third kappa shape index (κ3) is 4.68. The largest absolute Gasteiger partial charge is 0.395 e. The van der Waals surface area contributed by atoms with E-state index >= 15 is 0 Å². The molecule has 1 aliphatic rings. The molecule has 2 aromatic heterocycles. The minimum Gasteiger partial charge on any atom is -0.395 e. The highest BCUT2D eigenvalue weighted by Gasteiger charge is 2.25. The summed E-state index contributed by atoms with van der Waals surface area (Å²) in [4.78, 5) is 31.0. The summed E-state index contributed by atoms with van der Waals surface area (Å²) in [5.41, 5.74) is 7.15. The van der Waals surface area contributed by atoms with Crippen molar-refractivity contribution in [1.29, 1.82) is 0 Å². The third-order valence-corrected chi connectivity index (χ3v) is 6.13. The van der Waals surface area contributed by atoms with Crippen LogP contribution in [0.3, 0.4) is 0 Å². The highest BCUT2D eigenvalue weighted by atomic mass is 16.3. The smallest absolute Gasteiger partial charge is 0.256 e. The quantitative estimate of drug-likeness (QED) is 0.194. The first kappa shape index (κ1) is 23.9. The van der Waals surface area contributed by atoms with Gasteiger partial charge in [0.15, 0.2) is 0 Å². The number of benzene rings is 1. The molecule has 0 spiro atoms. The molecule has 1 amide bonds. The number of aromatic nitrogens is 2. The van der Waals surface area contributed by atoms with E-state index < -0.39 is 0 Å². The zero-order chi connectivity index (χ0) is 24.2. The third-order valence-electron chi connectivity index (χ3n) is 6.13. The lowest BCUT2D eigenvalue weighted by molar-refractivity contribution is -0.109. The van der Waals surface area contributed by atoms with Gasteiger partial charge in [-0.15, -0.1) is 0 Å². The van der Waals surface area contributed by atoms with E-state index in [0.29, 0.717) is 25.1 Å². The number of nitrogens with zero attached hydrogens (tertiary/aromatic N) is 3. The summed E-state index contributed by atoms with van der Waals surface area (Å²) in [7, 11) is 4.08. The Hall–Kier alpha value is -3.27. The van der Waals surface area contributed by atoms with Crippen molar-refractivity contribution in [3.8, 4) is 11.4 Å². The molecule has 1 aliphatic heterocycles. The van der Waals surface area contributed by atoms with E-state index in [9.17, 15) is 9.59 Å². The number of pyridine rings is 2. The molecule has 1 aromatic carbocycles. The summed E-state index contributed by atoms with van der Waals surface area (Å²) in [5.74, 6) is 0. The predicted octanol–water partition coefficient (Wildman–Crippen LogP) is 1.04. The standard InChI is InChI=1S/C25H32N6O3/c1-16-10-23-24-17(13-31(23)25(34)19(16)12-27-15-33)11-18-20(14-30(2)3)21(4-5-22(18)29-24)28-7-6-26-8-9-32/h4-5,10-11,15,26,28,32H,6-9,12-14H2,1-3H3,(H,27,33). The predicted molar refractivity (Wildman–Crippen MR) is 134 cm³/mol. The zero-order valence-corrected chi connectivity index (χ0v) is 19.9. The lowest BCUT2D eigenvalue weighted by Crippen LogP contribution is -2.27. The number of aliphatic hydroxyl groups is 1. The molecule has 0 bridgehead atoms. The van der Waals surface area contributed by atoms with Gasteiger partial charge in [-0.2, -0.15) is 0 Å². The Morgan fingerprint density at radius 2 is 2.00 bits per heavy atom. The van der Waals surface area contributed by atoms with Crippen molar-refractivity contribution >= 4 is 23.0 Å². The van der Waals surface area contributed by atoms with E-state index in [-0.39, 0.29) is 18.7 Å². The molecule has 0 fully saturated rings. The van der Waals surface area contributed by atoms with E-state index in [1.807, 2.05) is 33.2 Å². The Morgan fingerprint density at radius 3 is 2.74 bits per heavy atom. The van der Waals surface area contributed by atoms with Crippen molar-refractivity contribution in [2.75, 3.05) is 45.7 Å². The SMILES string of the molecule is Cc1cc2n(c(=O)c1CNC=O)Cc1cc3c(CN(C)C)c(NCCNCCO)ccc3nc1-2. The van der Waals surface area contributed by atoms with Crippen LogP contribution in [0.15, 0.2) is 29.1 Å². The first-order valence-electron chi connectivity index (χ1n) is 11.5. The topological polar surface area (TPSA) is 112 Å². The van der Waals surface area contributed by atoms with Gasteiger partial charge in [-0.3, -0.25) is 9.59 Å². The molecule has 4 rings (SSSR count). The second-order valence-corrected chi connectivity index (χ2v) is 8.87. The lowest BCUT2D eigenvalue weighted by atomic mass is 10.0. The molecule has 180 valence electrons. The highest BCUT2D eigenvalue weighted by Crippen LogP contribution is 2.35. The molecule has 0 radical (unpaired) electrons. The van der Waals surface area contributed by atoms with Crippen molar-refractivity contribution in [1.82, 2.24) is 25.1 Å². The second-order valence-electron chi connectivity index (χ2n) is 8.87. The maximum Gasteiger partial charge on any atom is 0.256 e. The van der Waals surface area contributed by atoms with Gasteiger partial charge in [0.1, 0.15) is 0 Å². The fourth-order valence-corrected chi connectivity index (χ4v) is 4.52. The first-order valence-corrected chi connectivity index (χ1v) is 11.5. The van der Waals surface area contributed by atoms with Gasteiger partial charge in [-0.05, 0) is 56.4 Å². The van der Waals surface area contributed by atoms with Crippen LogP contribution < -0.4 is 21.5 Å². The maximum absolute atomic E-state index is 13.2. The summed E-state index contributed by atoms with van der Waals surface area (Å²) in [6.45, 7) is 5.51. The molecule has 0 unspecified atom stereocenters. The Labute approximate surface area is 198 Å². The van der Waals surface area contributed by atoms with Gasteiger partial charge in [0.2, 0.25) is 6.41 Å². The van der Waals surface area contributed by atoms with E-state index in [1.165, 1.54) is 0 Å². The minimum atomic E-state index is -0.0855. The molecule has 0 atom stereocenters. The zero-order valence-electron chi connectivity index (χ0n) is 19.9. The second kappa shape index (κ2) is 10.3. The molecule has 0 aliphatic carbocycles. The summed E-state index contributed by atoms with van der Waals surface area (Å²) in [6, 6.07) is 8.24. The number of fused-ring (bicyclic) bond motifs is 4. The van der Waals surface area contributed by atoms with Gasteiger partial charge in [0, 0.05) is 54.9 Å². The Bertz CT molecular complexity index is 1270. The molecular formula is C25H32N6O3. The average molecular weight is 465 g/mol. The van der Waals surface area contributed by atoms with Crippen LogP contribution in [0.5, 0.6) is 0 Å². The van der Waals surface area contributed by atoms with E-state index in [1.54, 1.807) is 4.57 Å². The first-order chi connectivity index (χ1) is 16.4. The molecule has 3 heterocycles. The van der Waals surface area contributed by atoms with Crippen LogP contribution in [0.1, 0.15) is 22.3 Å². The number of hydrogen-bond acceptors (Lipinski definition) is 7. The van der Waals surface area contributed by atoms with E-state index in [4.69, 9.17) is 10.1 Å². The number of rotatable bonds is 11. The highest BCUT2D eigenvalue weighted by molar-refractivity contribution is 5.90. The lowest BCUT2D eigenvalue weighted by Gasteiger charge is -2.19. The monoisotopic (exact) mass is 464 g/mol. The van der Waals surface area contributed by atoms with E-state index in [0.717, 1.165) is 64.3 Å². The van der Waals surface area contributed by atoms with Crippen LogP contribution in [-0.4, -0.2) is 66.3 Å². The maximum atomic E-state index is 13.2. The van der Waals surface area contributed by atoms with Gasteiger partial charge >= 0.3 is 0 Å². The number of anilines is 1. The number of carbonyl (C=O) groups is 1. The summed E-state index contributed by atoms with van der Waals surface area (Å²) >= 11 is 0. The number of carbonyl (C=O) groups excluding carboxylic acids is 1. The van der Waals surface area contributed by atoms with Crippen LogP contribution in [0.2, 0.25) is 0 Å². The van der Waals surface area contributed by atoms with Crippen LogP contribution in [-0.2, 0) is 24.4 Å². The molecule has 0 saturated heterocycles. The number of amides is 1. The molecule has 9 nitrogen and oxygen atoms in total. The van der Waals surface area contributed by atoms with Gasteiger partial charge < -0.3 is 30.5 Å². The molecule has 9 heteroatoms. The molecule has 4 N–H and O–H groups in total. The average Bonchev–Trinajstić information content (AvgIpc) is 3.16. The Kier molecular flexibility index (Phi) is 7.26. The fraction of sp³-hybridized carbons (Fsp3) is 0.400. The van der Waals surface area contributed by atoms with Crippen molar-refractivity contribution in [2.45, 2.75) is 26.6 Å². The van der Waals surface area contributed by atoms with Crippen molar-refractivity contribution < 1.29 is 9.90 Å². The summed E-state index contributed by atoms with van der Waals surface area (Å²) in [5, 5.41) is 19.3. The van der Waals surface area contributed by atoms with Gasteiger partial charge in [0.05, 0.1) is 30.1 Å². The van der Waals surface area contributed by atoms with Crippen LogP contribution in [0.4, 0.5) is 5.69 Å². The normalized spacial score (nSPS) is 12.1. The van der Waals surface area contributed by atoms with Crippen LogP contribution in [0.25, 0.3) is 22.3 Å². The number of nitrogens with one attached hydrogen (secondary N) is 3. The van der Waals surface area contributed by atoms with E-state index in [2.05, 4.69) is 33.0 Å². The number of hydrogen-bond donors (Lipinski definition) is 4. The van der Waals surface area contributed by atoms with Crippen molar-refractivity contribution in [3.05, 3.63) is 56.9 Å². The minimum absolute atomic E-state index is 0.0855. The van der Waals surface area contributed by atoms with Crippen LogP contribution in [0, 0.1) is 6.92 Å². The van der Waals surface area contributed by atoms with Gasteiger partial charge in [-0.25, -0.2) is 4.98 Å². The fourth-order valence-electron chi connectivity index (χ4n) is 4.52. The number of aryl methyl sites for hydroxylation is 1. The summed E-state index contributed by atoms with van der Waals surface area (Å²) < 4.78 is 1.75. The van der Waals surface area contributed by atoms with Gasteiger partial charge in [0.25, 0.3) is 5.56 Å². The Balaban J connectivity index is 1.73. The Morgan fingerprint density at radius 1 is 1.18 bits per heavy atom. The van der Waals surface area contributed by atoms with Crippen molar-refractivity contribution in [2.24, 2.45) is 0 Å². The number of aliphatic hydroxyl groups excluding tert-OH is 1.